The average molecular weight is 259 g/mol. The second kappa shape index (κ2) is 5.21. The van der Waals surface area contributed by atoms with Gasteiger partial charge in [-0.15, -0.1) is 0 Å². The zero-order chi connectivity index (χ0) is 13.8. The molecule has 0 aliphatic rings. The second-order valence-electron chi connectivity index (χ2n) is 3.67. The normalized spacial score (nSPS) is 9.95. The van der Waals surface area contributed by atoms with E-state index in [9.17, 15) is 14.9 Å². The Hall–Kier alpha value is -2.83. The van der Waals surface area contributed by atoms with E-state index in [-0.39, 0.29) is 17.5 Å². The number of hydrogen-bond donors (Lipinski definition) is 0. The smallest absolute Gasteiger partial charge is 0.322 e. The van der Waals surface area contributed by atoms with Crippen LogP contribution in [-0.2, 0) is 0 Å². The Morgan fingerprint density at radius 2 is 2.00 bits per heavy atom. The largest absolute Gasteiger partial charge is 0.424 e. The van der Waals surface area contributed by atoms with Gasteiger partial charge in [-0.1, -0.05) is 12.1 Å². The van der Waals surface area contributed by atoms with Crippen LogP contribution in [0, 0.1) is 10.1 Å². The van der Waals surface area contributed by atoms with Crippen LogP contribution in [0.3, 0.4) is 0 Å². The van der Waals surface area contributed by atoms with Gasteiger partial charge in [0.25, 0.3) is 0 Å². The van der Waals surface area contributed by atoms with Crippen molar-refractivity contribution in [2.45, 2.75) is 6.92 Å². The third-order valence-corrected chi connectivity index (χ3v) is 2.28. The number of carbonyl (C=O) groups is 1. The predicted molar refractivity (Wildman–Crippen MR) is 65.2 cm³/mol. The molecule has 0 radical (unpaired) electrons. The molecule has 7 heteroatoms. The summed E-state index contributed by atoms with van der Waals surface area (Å²) in [7, 11) is 0. The van der Waals surface area contributed by atoms with Crippen LogP contribution in [0.1, 0.15) is 17.3 Å². The fraction of sp³-hybridized carbons (Fsp3) is 0.0833. The highest BCUT2D eigenvalue weighted by Crippen LogP contribution is 2.20. The molecule has 0 N–H and O–H groups in total. The van der Waals surface area contributed by atoms with Crippen molar-refractivity contribution in [1.82, 2.24) is 9.97 Å². The summed E-state index contributed by atoms with van der Waals surface area (Å²) in [5.41, 5.74) is 0.282. The van der Waals surface area contributed by atoms with Gasteiger partial charge in [0.05, 0.1) is 4.92 Å². The third kappa shape index (κ3) is 3.09. The van der Waals surface area contributed by atoms with Crippen molar-refractivity contribution in [1.29, 1.82) is 0 Å². The number of nitro groups is 1. The molecule has 1 aromatic carbocycles. The quantitative estimate of drug-likeness (QED) is 0.475. The van der Waals surface area contributed by atoms with E-state index >= 15 is 0 Å². The highest BCUT2D eigenvalue weighted by molar-refractivity contribution is 5.94. The van der Waals surface area contributed by atoms with Crippen LogP contribution in [0.2, 0.25) is 0 Å². The Morgan fingerprint density at radius 1 is 1.32 bits per heavy atom. The van der Waals surface area contributed by atoms with Crippen LogP contribution in [0.15, 0.2) is 36.7 Å². The molecule has 19 heavy (non-hydrogen) atoms. The lowest BCUT2D eigenvalue weighted by Crippen LogP contribution is -1.96. The summed E-state index contributed by atoms with van der Waals surface area (Å²) in [6.45, 7) is 1.45. The van der Waals surface area contributed by atoms with Gasteiger partial charge in [-0.05, 0) is 19.1 Å². The molecule has 2 aromatic rings. The minimum atomic E-state index is -0.597. The summed E-state index contributed by atoms with van der Waals surface area (Å²) in [4.78, 5) is 28.5. The molecular formula is C12H9N3O4. The highest BCUT2D eigenvalue weighted by atomic mass is 16.6. The van der Waals surface area contributed by atoms with Crippen molar-refractivity contribution in [2.75, 3.05) is 0 Å². The Balaban J connectivity index is 2.19. The number of Topliss-reactive ketones (excluding diaryl/α,β-unsaturated/α-hetero) is 1. The average Bonchev–Trinajstić information content (AvgIpc) is 2.39. The van der Waals surface area contributed by atoms with E-state index in [0.29, 0.717) is 11.3 Å². The van der Waals surface area contributed by atoms with E-state index in [2.05, 4.69) is 9.97 Å². The molecule has 0 saturated heterocycles. The third-order valence-electron chi connectivity index (χ3n) is 2.28. The van der Waals surface area contributed by atoms with E-state index in [4.69, 9.17) is 4.74 Å². The SMILES string of the molecule is CC(=O)c1cccc(Oc2ncc([N+](=O)[O-])cn2)c1. The molecule has 0 bridgehead atoms. The summed E-state index contributed by atoms with van der Waals surface area (Å²) < 4.78 is 5.31. The number of ether oxygens (including phenoxy) is 1. The molecule has 96 valence electrons. The Labute approximate surface area is 108 Å². The van der Waals surface area contributed by atoms with Crippen LogP contribution < -0.4 is 4.74 Å². The van der Waals surface area contributed by atoms with Gasteiger partial charge < -0.3 is 4.74 Å². The summed E-state index contributed by atoms with van der Waals surface area (Å²) >= 11 is 0. The van der Waals surface area contributed by atoms with Gasteiger partial charge in [-0.2, -0.15) is 9.97 Å². The zero-order valence-corrected chi connectivity index (χ0v) is 9.94. The number of ketones is 1. The van der Waals surface area contributed by atoms with Crippen LogP contribution in [-0.4, -0.2) is 20.7 Å². The zero-order valence-electron chi connectivity index (χ0n) is 9.94. The second-order valence-corrected chi connectivity index (χ2v) is 3.67. The van der Waals surface area contributed by atoms with Gasteiger partial charge in [-0.3, -0.25) is 14.9 Å². The first-order valence-electron chi connectivity index (χ1n) is 5.31. The molecule has 0 fully saturated rings. The van der Waals surface area contributed by atoms with E-state index in [1.54, 1.807) is 24.3 Å². The molecule has 0 aliphatic heterocycles. The lowest BCUT2D eigenvalue weighted by Gasteiger charge is -2.04. The summed E-state index contributed by atoms with van der Waals surface area (Å²) in [5, 5.41) is 10.4. The number of nitrogens with zero attached hydrogens (tertiary/aromatic N) is 3. The van der Waals surface area contributed by atoms with Crippen molar-refractivity contribution in [3.63, 3.8) is 0 Å². The van der Waals surface area contributed by atoms with Gasteiger partial charge in [0.1, 0.15) is 18.1 Å². The van der Waals surface area contributed by atoms with Crippen LogP contribution in [0.4, 0.5) is 5.69 Å². The molecule has 0 spiro atoms. The lowest BCUT2D eigenvalue weighted by atomic mass is 10.1. The van der Waals surface area contributed by atoms with Crippen LogP contribution in [0.5, 0.6) is 11.8 Å². The molecule has 1 heterocycles. The van der Waals surface area contributed by atoms with Crippen molar-refractivity contribution in [3.8, 4) is 11.8 Å². The minimum absolute atomic E-state index is 0.0219. The highest BCUT2D eigenvalue weighted by Gasteiger charge is 2.08. The first kappa shape index (κ1) is 12.6. The molecule has 7 nitrogen and oxygen atoms in total. The number of rotatable bonds is 4. The molecule has 0 amide bonds. The van der Waals surface area contributed by atoms with Gasteiger partial charge in [0.15, 0.2) is 5.78 Å². The van der Waals surface area contributed by atoms with Crippen molar-refractivity contribution in [2.24, 2.45) is 0 Å². The summed E-state index contributed by atoms with van der Waals surface area (Å²) in [6, 6.07) is 6.49. The first-order valence-corrected chi connectivity index (χ1v) is 5.31. The van der Waals surface area contributed by atoms with E-state index in [0.717, 1.165) is 12.4 Å². The fourth-order valence-electron chi connectivity index (χ4n) is 1.34. The van der Waals surface area contributed by atoms with Gasteiger partial charge in [0.2, 0.25) is 0 Å². The maximum atomic E-state index is 11.2. The molecular weight excluding hydrogens is 250 g/mol. The monoisotopic (exact) mass is 259 g/mol. The number of carbonyl (C=O) groups excluding carboxylic acids is 1. The van der Waals surface area contributed by atoms with Gasteiger partial charge in [0, 0.05) is 5.56 Å². The molecule has 0 atom stereocenters. The topological polar surface area (TPSA) is 95.2 Å². The molecule has 0 aliphatic carbocycles. The molecule has 2 rings (SSSR count). The predicted octanol–water partition coefficient (Wildman–Crippen LogP) is 2.38. The number of aromatic nitrogens is 2. The fourth-order valence-corrected chi connectivity index (χ4v) is 1.34. The first-order chi connectivity index (χ1) is 9.06. The maximum Gasteiger partial charge on any atom is 0.322 e. The summed E-state index contributed by atoms with van der Waals surface area (Å²) in [5.74, 6) is 0.302. The number of hydrogen-bond acceptors (Lipinski definition) is 6. The van der Waals surface area contributed by atoms with Crippen molar-refractivity contribution in [3.05, 3.63) is 52.3 Å². The Bertz CT molecular complexity index is 625. The standard InChI is InChI=1S/C12H9N3O4/c1-8(16)9-3-2-4-11(5-9)19-12-13-6-10(7-14-12)15(17)18/h2-7H,1H3. The van der Waals surface area contributed by atoms with Crippen molar-refractivity contribution < 1.29 is 14.5 Å². The number of benzene rings is 1. The van der Waals surface area contributed by atoms with Gasteiger partial charge in [-0.25, -0.2) is 0 Å². The van der Waals surface area contributed by atoms with Gasteiger partial charge >= 0.3 is 11.7 Å². The molecule has 0 saturated carbocycles. The van der Waals surface area contributed by atoms with Crippen LogP contribution in [0.25, 0.3) is 0 Å². The molecule has 0 unspecified atom stereocenters. The molecule has 1 aromatic heterocycles. The summed E-state index contributed by atoms with van der Waals surface area (Å²) in [6.07, 6.45) is 2.11. The Morgan fingerprint density at radius 3 is 2.58 bits per heavy atom. The van der Waals surface area contributed by atoms with Crippen molar-refractivity contribution >= 4 is 11.5 Å². The van der Waals surface area contributed by atoms with E-state index in [1.807, 2.05) is 0 Å². The minimum Gasteiger partial charge on any atom is -0.424 e. The maximum absolute atomic E-state index is 11.2. The Kier molecular flexibility index (Phi) is 3.46. The lowest BCUT2D eigenvalue weighted by molar-refractivity contribution is -0.385. The van der Waals surface area contributed by atoms with E-state index in [1.165, 1.54) is 6.92 Å². The van der Waals surface area contributed by atoms with E-state index < -0.39 is 4.92 Å². The van der Waals surface area contributed by atoms with Crippen LogP contribution >= 0.6 is 0 Å².